The third-order valence-corrected chi connectivity index (χ3v) is 6.00. The first-order valence-electron chi connectivity index (χ1n) is 13.0. The molecule has 3 aromatic rings. The summed E-state index contributed by atoms with van der Waals surface area (Å²) in [6.45, 7) is 4.18. The van der Waals surface area contributed by atoms with Crippen LogP contribution in [0.2, 0.25) is 0 Å². The van der Waals surface area contributed by atoms with Crippen molar-refractivity contribution in [2.75, 3.05) is 6.61 Å². The summed E-state index contributed by atoms with van der Waals surface area (Å²) >= 11 is 0. The highest BCUT2D eigenvalue weighted by atomic mass is 31.1. The SMILES string of the molecule is CCCC.O=PO.O=PO.O=c1ccn(C2OC(CCO)C(O)C2O)c(=O)n1Cc1cccc(-c2ccccc2)c1.OP. The van der Waals surface area contributed by atoms with Crippen molar-refractivity contribution in [2.45, 2.75) is 64.2 Å². The minimum atomic E-state index is -1.36. The number of ether oxygens (including phenoxy) is 1. The molecule has 1 aliphatic rings. The van der Waals surface area contributed by atoms with Gasteiger partial charge in [-0.3, -0.25) is 13.9 Å². The molecule has 0 aliphatic carbocycles. The fraction of sp³-hybridized carbons (Fsp3) is 0.407. The van der Waals surface area contributed by atoms with Gasteiger partial charge in [0.05, 0.1) is 12.6 Å². The Morgan fingerprint density at radius 2 is 1.42 bits per heavy atom. The number of aliphatic hydroxyl groups excluding tert-OH is 3. The van der Waals surface area contributed by atoms with Crippen molar-refractivity contribution in [3.8, 4) is 11.1 Å². The minimum absolute atomic E-state index is 0.0462. The maximum atomic E-state index is 13.1. The maximum absolute atomic E-state index is 13.1. The third kappa shape index (κ3) is 13.3. The summed E-state index contributed by atoms with van der Waals surface area (Å²) in [5, 5.41) is 29.6. The van der Waals surface area contributed by atoms with Gasteiger partial charge in [0.15, 0.2) is 6.23 Å². The van der Waals surface area contributed by atoms with E-state index in [1.54, 1.807) is 0 Å². The fourth-order valence-corrected chi connectivity index (χ4v) is 3.86. The van der Waals surface area contributed by atoms with Crippen LogP contribution in [0.5, 0.6) is 0 Å². The Morgan fingerprint density at radius 1 is 0.860 bits per heavy atom. The van der Waals surface area contributed by atoms with E-state index in [0.717, 1.165) is 25.8 Å². The van der Waals surface area contributed by atoms with E-state index in [1.165, 1.54) is 34.6 Å². The molecule has 16 heteroatoms. The number of hydrogen-bond donors (Lipinski definition) is 6. The van der Waals surface area contributed by atoms with Gasteiger partial charge < -0.3 is 34.7 Å². The summed E-state index contributed by atoms with van der Waals surface area (Å²) < 4.78 is 24.7. The predicted octanol–water partition coefficient (Wildman–Crippen LogP) is 2.67. The lowest BCUT2D eigenvalue weighted by Crippen LogP contribution is -2.43. The zero-order chi connectivity index (χ0) is 32.8. The summed E-state index contributed by atoms with van der Waals surface area (Å²) in [6, 6.07) is 18.6. The molecule has 0 radical (unpaired) electrons. The number of hydrogen-bond acceptors (Lipinski definition) is 9. The van der Waals surface area contributed by atoms with Crippen LogP contribution in [0.4, 0.5) is 0 Å². The van der Waals surface area contributed by atoms with E-state index >= 15 is 0 Å². The van der Waals surface area contributed by atoms with Crippen molar-refractivity contribution in [1.29, 1.82) is 0 Å². The first-order chi connectivity index (χ1) is 20.7. The lowest BCUT2D eigenvalue weighted by molar-refractivity contribution is -0.0458. The molecule has 0 saturated carbocycles. The summed E-state index contributed by atoms with van der Waals surface area (Å²) in [4.78, 5) is 46.4. The lowest BCUT2D eigenvalue weighted by Gasteiger charge is -2.19. The molecule has 0 amide bonds. The van der Waals surface area contributed by atoms with Crippen LogP contribution in [-0.2, 0) is 20.4 Å². The van der Waals surface area contributed by atoms with Crippen molar-refractivity contribution < 1.29 is 43.9 Å². The molecule has 1 aromatic heterocycles. The van der Waals surface area contributed by atoms with E-state index in [0.29, 0.717) is 0 Å². The molecule has 4 rings (SSSR count). The van der Waals surface area contributed by atoms with Crippen LogP contribution in [0.3, 0.4) is 0 Å². The number of aromatic nitrogens is 2. The Hall–Kier alpha value is -2.53. The molecule has 6 N–H and O–H groups in total. The average Bonchev–Trinajstić information content (AvgIpc) is 3.30. The number of nitrogens with zero attached hydrogens (tertiary/aromatic N) is 2. The largest absolute Gasteiger partial charge is 0.396 e. The van der Waals surface area contributed by atoms with E-state index in [-0.39, 0.29) is 19.6 Å². The van der Waals surface area contributed by atoms with Gasteiger partial charge >= 0.3 is 23.1 Å². The highest BCUT2D eigenvalue weighted by Crippen LogP contribution is 2.29. The Kier molecular flexibility index (Phi) is 22.5. The monoisotopic (exact) mass is 660 g/mol. The summed E-state index contributed by atoms with van der Waals surface area (Å²) in [5.41, 5.74) is 1.62. The van der Waals surface area contributed by atoms with Crippen LogP contribution < -0.4 is 11.2 Å². The molecule has 5 atom stereocenters. The zero-order valence-electron chi connectivity index (χ0n) is 23.8. The number of aliphatic hydroxyl groups is 3. The standard InChI is InChI=1S/C23H24N2O6.C4H10.2HO2P.H3OP/c26-12-10-18-20(28)21(29)22(31-18)24-11-9-19(27)25(23(24)30)14-15-5-4-8-17(13-15)16-6-2-1-3-7-16;1-3-4-2;2*1-3-2;1-2/h1-9,11,13,18,20-22,26,28-29H,10,12,14H2;3-4H2,1-2H3;2*(H,1,2);1H,2H2. The average molecular weight is 661 g/mol. The normalized spacial score (nSPS) is 18.5. The van der Waals surface area contributed by atoms with E-state index in [2.05, 4.69) is 13.8 Å². The van der Waals surface area contributed by atoms with Crippen molar-refractivity contribution in [3.05, 3.63) is 93.3 Å². The Bertz CT molecular complexity index is 1300. The second-order valence-corrected chi connectivity index (χ2v) is 9.04. The molecule has 2 aromatic carbocycles. The van der Waals surface area contributed by atoms with E-state index < -0.39 is 53.2 Å². The van der Waals surface area contributed by atoms with Gasteiger partial charge in [0, 0.05) is 18.9 Å². The Morgan fingerprint density at radius 3 is 1.95 bits per heavy atom. The van der Waals surface area contributed by atoms with Crippen LogP contribution in [0.25, 0.3) is 11.1 Å². The molecule has 1 aliphatic heterocycles. The van der Waals surface area contributed by atoms with Gasteiger partial charge in [-0.05, 0) is 38.6 Å². The van der Waals surface area contributed by atoms with Gasteiger partial charge in [-0.25, -0.2) is 13.9 Å². The zero-order valence-corrected chi connectivity index (χ0v) is 26.7. The van der Waals surface area contributed by atoms with Crippen molar-refractivity contribution in [2.24, 2.45) is 0 Å². The Labute approximate surface area is 254 Å². The van der Waals surface area contributed by atoms with Crippen LogP contribution in [0, 0.1) is 0 Å². The molecule has 13 nitrogen and oxygen atoms in total. The van der Waals surface area contributed by atoms with Gasteiger partial charge in [0.2, 0.25) is 0 Å². The minimum Gasteiger partial charge on any atom is -0.396 e. The van der Waals surface area contributed by atoms with Gasteiger partial charge in [-0.2, -0.15) is 0 Å². The van der Waals surface area contributed by atoms with E-state index in [9.17, 15) is 19.8 Å². The first-order valence-corrected chi connectivity index (χ1v) is 15.1. The molecule has 5 unspecified atom stereocenters. The molecular formula is C27H39N2O11P3. The maximum Gasteiger partial charge on any atom is 0.333 e. The number of rotatable bonds is 7. The number of unbranched alkanes of at least 4 members (excludes halogenated alkanes) is 1. The van der Waals surface area contributed by atoms with E-state index in [1.807, 2.05) is 54.6 Å². The lowest BCUT2D eigenvalue weighted by atomic mass is 10.0. The number of benzene rings is 2. The quantitative estimate of drug-likeness (QED) is 0.203. The molecule has 1 fully saturated rings. The van der Waals surface area contributed by atoms with Crippen LogP contribution in [-0.4, -0.2) is 64.1 Å². The summed E-state index contributed by atoms with van der Waals surface area (Å²) in [5.74, 6) is 0. The van der Waals surface area contributed by atoms with Crippen molar-refractivity contribution >= 4 is 26.8 Å². The molecule has 0 bridgehead atoms. The Balaban J connectivity index is 0.00000127. The van der Waals surface area contributed by atoms with Crippen molar-refractivity contribution in [1.82, 2.24) is 9.13 Å². The summed E-state index contributed by atoms with van der Waals surface area (Å²) in [6.07, 6.45) is -0.547. The van der Waals surface area contributed by atoms with Crippen LogP contribution in [0.1, 0.15) is 44.9 Å². The summed E-state index contributed by atoms with van der Waals surface area (Å²) in [7, 11) is -0.250. The highest BCUT2D eigenvalue weighted by Gasteiger charge is 2.43. The predicted molar refractivity (Wildman–Crippen MR) is 166 cm³/mol. The molecule has 2 heterocycles. The second kappa shape index (κ2) is 23.9. The van der Waals surface area contributed by atoms with Gasteiger partial charge in [-0.1, -0.05) is 75.2 Å². The molecule has 1 saturated heterocycles. The molecular weight excluding hydrogens is 621 g/mol. The highest BCUT2D eigenvalue weighted by molar-refractivity contribution is 7.16. The smallest absolute Gasteiger partial charge is 0.333 e. The van der Waals surface area contributed by atoms with Gasteiger partial charge in [0.1, 0.15) is 12.2 Å². The van der Waals surface area contributed by atoms with Crippen LogP contribution >= 0.6 is 26.8 Å². The molecule has 43 heavy (non-hydrogen) atoms. The van der Waals surface area contributed by atoms with E-state index in [4.69, 9.17) is 33.7 Å². The fourth-order valence-electron chi connectivity index (χ4n) is 3.86. The topological polar surface area (TPSA) is 209 Å². The third-order valence-electron chi connectivity index (χ3n) is 6.00. The van der Waals surface area contributed by atoms with Gasteiger partial charge in [-0.15, -0.1) is 0 Å². The first kappa shape index (κ1) is 40.5. The second-order valence-electron chi connectivity index (χ2n) is 8.72. The van der Waals surface area contributed by atoms with Crippen molar-refractivity contribution in [3.63, 3.8) is 0 Å². The molecule has 0 spiro atoms. The van der Waals surface area contributed by atoms with Gasteiger partial charge in [0.25, 0.3) is 5.56 Å². The molecule has 238 valence electrons. The van der Waals surface area contributed by atoms with Crippen LogP contribution in [0.15, 0.2) is 76.4 Å².